The number of anilines is 1. The molecule has 0 saturated carbocycles. The van der Waals surface area contributed by atoms with Gasteiger partial charge in [-0.05, 0) is 12.1 Å². The molecule has 3 rings (SSSR count). The summed E-state index contributed by atoms with van der Waals surface area (Å²) in [6, 6.07) is 4.15. The zero-order valence-electron chi connectivity index (χ0n) is 14.2. The fourth-order valence-corrected chi connectivity index (χ4v) is 4.19. The maximum Gasteiger partial charge on any atom is 0.280 e. The fourth-order valence-electron chi connectivity index (χ4n) is 2.34. The normalized spacial score (nSPS) is 17.7. The average molecular weight is 430 g/mol. The highest BCUT2D eigenvalue weighted by atomic mass is 35.5. The molecule has 11 heteroatoms. The van der Waals surface area contributed by atoms with Crippen LogP contribution in [-0.2, 0) is 24.2 Å². The predicted molar refractivity (Wildman–Crippen MR) is 102 cm³/mol. The molecule has 0 radical (unpaired) electrons. The summed E-state index contributed by atoms with van der Waals surface area (Å²) in [5.41, 5.74) is 0.277. The standard InChI is InChI=1S/C16H16ClN3O5S2/c1-27(22,23)13-3-2-10(8-12(13)17)14(20-25-11-4-6-24-9-11)15(21)19-16-18-5-7-26-16/h2-3,5,7-8,11H,4,6,9H2,1H3,(H,18,19,21)/b20-14+. The van der Waals surface area contributed by atoms with Gasteiger partial charge in [-0.2, -0.15) is 0 Å². The Morgan fingerprint density at radius 3 is 2.89 bits per heavy atom. The number of rotatable bonds is 6. The van der Waals surface area contributed by atoms with Gasteiger partial charge in [-0.1, -0.05) is 22.8 Å². The van der Waals surface area contributed by atoms with Gasteiger partial charge in [0.15, 0.2) is 26.8 Å². The molecule has 1 aromatic heterocycles. The highest BCUT2D eigenvalue weighted by molar-refractivity contribution is 7.90. The van der Waals surface area contributed by atoms with E-state index in [1.165, 1.54) is 29.5 Å². The molecule has 0 aliphatic carbocycles. The van der Waals surface area contributed by atoms with Crippen LogP contribution < -0.4 is 5.32 Å². The lowest BCUT2D eigenvalue weighted by Gasteiger charge is -2.11. The number of amides is 1. The third-order valence-electron chi connectivity index (χ3n) is 3.65. The van der Waals surface area contributed by atoms with Gasteiger partial charge in [0.2, 0.25) is 0 Å². The Hall–Kier alpha value is -2.01. The number of nitrogens with one attached hydrogen (secondary N) is 1. The Bertz CT molecular complexity index is 954. The number of sulfone groups is 1. The van der Waals surface area contributed by atoms with Gasteiger partial charge in [0, 0.05) is 29.8 Å². The molecule has 1 aliphatic rings. The number of carbonyl (C=O) groups is 1. The van der Waals surface area contributed by atoms with Gasteiger partial charge in [-0.3, -0.25) is 10.1 Å². The van der Waals surface area contributed by atoms with Crippen molar-refractivity contribution in [1.29, 1.82) is 0 Å². The summed E-state index contributed by atoms with van der Waals surface area (Å²) < 4.78 is 28.7. The van der Waals surface area contributed by atoms with Gasteiger partial charge in [0.1, 0.15) is 0 Å². The number of halogens is 1. The van der Waals surface area contributed by atoms with E-state index in [1.807, 2.05) is 0 Å². The van der Waals surface area contributed by atoms with E-state index in [1.54, 1.807) is 11.6 Å². The van der Waals surface area contributed by atoms with Crippen molar-refractivity contribution in [1.82, 2.24) is 4.98 Å². The number of aromatic nitrogens is 1. The maximum atomic E-state index is 12.7. The lowest BCUT2D eigenvalue weighted by molar-refractivity contribution is -0.110. The van der Waals surface area contributed by atoms with Crippen molar-refractivity contribution in [2.75, 3.05) is 24.8 Å². The second-order valence-corrected chi connectivity index (χ2v) is 9.03. The summed E-state index contributed by atoms with van der Waals surface area (Å²) in [6.07, 6.45) is 3.03. The minimum Gasteiger partial charge on any atom is -0.389 e. The molecule has 1 N–H and O–H groups in total. The molecular formula is C16H16ClN3O5S2. The Kier molecular flexibility index (Phi) is 6.10. The topological polar surface area (TPSA) is 107 Å². The molecule has 27 heavy (non-hydrogen) atoms. The number of hydrogen-bond acceptors (Lipinski definition) is 8. The number of ether oxygens (including phenoxy) is 1. The summed E-state index contributed by atoms with van der Waals surface area (Å²) in [5, 5.41) is 8.72. The molecule has 0 spiro atoms. The second kappa shape index (κ2) is 8.34. The summed E-state index contributed by atoms with van der Waals surface area (Å²) in [5.74, 6) is -0.549. The van der Waals surface area contributed by atoms with Crippen LogP contribution in [0.3, 0.4) is 0 Å². The monoisotopic (exact) mass is 429 g/mol. The highest BCUT2D eigenvalue weighted by Crippen LogP contribution is 2.24. The summed E-state index contributed by atoms with van der Waals surface area (Å²) in [7, 11) is -3.49. The lowest BCUT2D eigenvalue weighted by atomic mass is 10.1. The van der Waals surface area contributed by atoms with Crippen molar-refractivity contribution < 1.29 is 22.8 Å². The van der Waals surface area contributed by atoms with Gasteiger partial charge in [0.05, 0.1) is 23.1 Å². The van der Waals surface area contributed by atoms with E-state index in [0.29, 0.717) is 30.3 Å². The van der Waals surface area contributed by atoms with Crippen molar-refractivity contribution in [3.63, 3.8) is 0 Å². The van der Waals surface area contributed by atoms with Gasteiger partial charge in [0.25, 0.3) is 5.91 Å². The zero-order chi connectivity index (χ0) is 19.4. The van der Waals surface area contributed by atoms with Crippen LogP contribution in [0, 0.1) is 0 Å². The number of thiazole rings is 1. The van der Waals surface area contributed by atoms with Crippen LogP contribution in [0.15, 0.2) is 39.8 Å². The Balaban J connectivity index is 1.91. The molecule has 0 bridgehead atoms. The van der Waals surface area contributed by atoms with Crippen molar-refractivity contribution in [3.05, 3.63) is 40.4 Å². The summed E-state index contributed by atoms with van der Waals surface area (Å²) in [4.78, 5) is 22.1. The van der Waals surface area contributed by atoms with Crippen molar-refractivity contribution in [3.8, 4) is 0 Å². The second-order valence-electron chi connectivity index (χ2n) is 5.74. The summed E-state index contributed by atoms with van der Waals surface area (Å²) in [6.45, 7) is 0.953. The number of oxime groups is 1. The van der Waals surface area contributed by atoms with Crippen LogP contribution >= 0.6 is 22.9 Å². The molecule has 2 heterocycles. The van der Waals surface area contributed by atoms with Gasteiger partial charge in [-0.15, -0.1) is 11.3 Å². The lowest BCUT2D eigenvalue weighted by Crippen LogP contribution is -2.25. The van der Waals surface area contributed by atoms with Crippen molar-refractivity contribution in [2.24, 2.45) is 5.16 Å². The third-order valence-corrected chi connectivity index (χ3v) is 5.92. The number of benzene rings is 1. The third kappa shape index (κ3) is 5.04. The largest absolute Gasteiger partial charge is 0.389 e. The van der Waals surface area contributed by atoms with E-state index in [4.69, 9.17) is 21.2 Å². The van der Waals surface area contributed by atoms with E-state index in [-0.39, 0.29) is 21.7 Å². The molecular weight excluding hydrogens is 414 g/mol. The quantitative estimate of drug-likeness (QED) is 0.558. The minimum atomic E-state index is -3.49. The minimum absolute atomic E-state index is 0.00560. The molecule has 8 nitrogen and oxygen atoms in total. The van der Waals surface area contributed by atoms with Crippen LogP contribution in [0.25, 0.3) is 0 Å². The van der Waals surface area contributed by atoms with E-state index in [0.717, 1.165) is 6.26 Å². The van der Waals surface area contributed by atoms with Gasteiger partial charge in [-0.25, -0.2) is 13.4 Å². The number of carbonyl (C=O) groups excluding carboxylic acids is 1. The van der Waals surface area contributed by atoms with E-state index < -0.39 is 15.7 Å². The molecule has 1 saturated heterocycles. The van der Waals surface area contributed by atoms with E-state index >= 15 is 0 Å². The number of nitrogens with zero attached hydrogens (tertiary/aromatic N) is 2. The first kappa shape index (κ1) is 19.7. The average Bonchev–Trinajstić information content (AvgIpc) is 3.27. The SMILES string of the molecule is CS(=O)(=O)c1ccc(/C(=N\OC2CCOC2)C(=O)Nc2nccs2)cc1Cl. The van der Waals surface area contributed by atoms with Crippen LogP contribution in [0.1, 0.15) is 12.0 Å². The fraction of sp³-hybridized carbons (Fsp3) is 0.312. The number of hydrogen-bond donors (Lipinski definition) is 1. The summed E-state index contributed by atoms with van der Waals surface area (Å²) >= 11 is 7.35. The van der Waals surface area contributed by atoms with Crippen LogP contribution in [0.2, 0.25) is 5.02 Å². The highest BCUT2D eigenvalue weighted by Gasteiger charge is 2.22. The van der Waals surface area contributed by atoms with Crippen LogP contribution in [-0.4, -0.2) is 50.6 Å². The molecule has 1 unspecified atom stereocenters. The van der Waals surface area contributed by atoms with Gasteiger partial charge >= 0.3 is 0 Å². The first-order valence-electron chi connectivity index (χ1n) is 7.87. The smallest absolute Gasteiger partial charge is 0.280 e. The molecule has 2 aromatic rings. The van der Waals surface area contributed by atoms with Gasteiger partial charge < -0.3 is 9.57 Å². The van der Waals surface area contributed by atoms with Crippen molar-refractivity contribution >= 4 is 49.5 Å². The Labute approximate surface area is 165 Å². The first-order chi connectivity index (χ1) is 12.8. The predicted octanol–water partition coefficient (Wildman–Crippen LogP) is 2.35. The Morgan fingerprint density at radius 2 is 2.30 bits per heavy atom. The molecule has 144 valence electrons. The molecule has 1 fully saturated rings. The van der Waals surface area contributed by atoms with Crippen LogP contribution in [0.4, 0.5) is 5.13 Å². The van der Waals surface area contributed by atoms with E-state index in [2.05, 4.69) is 15.5 Å². The van der Waals surface area contributed by atoms with Crippen molar-refractivity contribution in [2.45, 2.75) is 17.4 Å². The molecule has 1 atom stereocenters. The first-order valence-corrected chi connectivity index (χ1v) is 11.0. The van der Waals surface area contributed by atoms with Crippen LogP contribution in [0.5, 0.6) is 0 Å². The zero-order valence-corrected chi connectivity index (χ0v) is 16.6. The molecule has 1 amide bonds. The Morgan fingerprint density at radius 1 is 1.48 bits per heavy atom. The molecule has 1 aliphatic heterocycles. The molecule has 1 aromatic carbocycles. The van der Waals surface area contributed by atoms with E-state index in [9.17, 15) is 13.2 Å². The maximum absolute atomic E-state index is 12.7.